The van der Waals surface area contributed by atoms with E-state index in [1.807, 2.05) is 60.4 Å². The maximum atomic E-state index is 13.0. The normalized spacial score (nSPS) is 18.0. The SMILES string of the molecule is CCN(CC1COc2ccccc2O1)C(=O)c1ccc(CN2CCCC2=O)cc1. The third kappa shape index (κ3) is 4.36. The molecule has 1 atom stereocenters. The molecule has 6 nitrogen and oxygen atoms in total. The number of fused-ring (bicyclic) bond motifs is 1. The van der Waals surface area contributed by atoms with Crippen molar-refractivity contribution in [2.24, 2.45) is 0 Å². The van der Waals surface area contributed by atoms with E-state index in [-0.39, 0.29) is 17.9 Å². The Kier molecular flexibility index (Phi) is 5.69. The van der Waals surface area contributed by atoms with E-state index in [1.165, 1.54) is 0 Å². The highest BCUT2D eigenvalue weighted by Crippen LogP contribution is 2.31. The molecule has 0 bridgehead atoms. The van der Waals surface area contributed by atoms with Crippen molar-refractivity contribution in [1.29, 1.82) is 0 Å². The van der Waals surface area contributed by atoms with Crippen LogP contribution in [0.5, 0.6) is 11.5 Å². The number of carbonyl (C=O) groups excluding carboxylic acids is 2. The summed E-state index contributed by atoms with van der Waals surface area (Å²) in [6, 6.07) is 15.1. The van der Waals surface area contributed by atoms with Crippen LogP contribution in [0.15, 0.2) is 48.5 Å². The lowest BCUT2D eigenvalue weighted by atomic mass is 10.1. The minimum atomic E-state index is -0.200. The van der Waals surface area contributed by atoms with Gasteiger partial charge in [0.15, 0.2) is 17.6 Å². The molecular formula is C23H26N2O4. The van der Waals surface area contributed by atoms with E-state index < -0.39 is 0 Å². The Bertz CT molecular complexity index is 881. The quantitative estimate of drug-likeness (QED) is 0.755. The monoisotopic (exact) mass is 394 g/mol. The molecule has 2 amide bonds. The predicted octanol–water partition coefficient (Wildman–Crippen LogP) is 3.11. The van der Waals surface area contributed by atoms with Crippen LogP contribution in [0.2, 0.25) is 0 Å². The molecular weight excluding hydrogens is 368 g/mol. The molecule has 2 aliphatic rings. The fourth-order valence-corrected chi connectivity index (χ4v) is 3.78. The predicted molar refractivity (Wildman–Crippen MR) is 109 cm³/mol. The molecule has 2 aromatic rings. The topological polar surface area (TPSA) is 59.1 Å². The van der Waals surface area contributed by atoms with Gasteiger partial charge in [0.2, 0.25) is 5.91 Å². The number of likely N-dealkylation sites (tertiary alicyclic amines) is 1. The first-order valence-corrected chi connectivity index (χ1v) is 10.2. The van der Waals surface area contributed by atoms with Gasteiger partial charge in [-0.3, -0.25) is 9.59 Å². The smallest absolute Gasteiger partial charge is 0.253 e. The van der Waals surface area contributed by atoms with Crippen LogP contribution in [0.3, 0.4) is 0 Å². The van der Waals surface area contributed by atoms with E-state index in [0.29, 0.717) is 44.0 Å². The number of para-hydroxylation sites is 2. The summed E-state index contributed by atoms with van der Waals surface area (Å²) in [6.45, 7) is 4.86. The van der Waals surface area contributed by atoms with Crippen LogP contribution in [0.4, 0.5) is 0 Å². The van der Waals surface area contributed by atoms with Crippen molar-refractivity contribution in [3.63, 3.8) is 0 Å². The Morgan fingerprint density at radius 2 is 1.90 bits per heavy atom. The molecule has 2 aromatic carbocycles. The molecule has 0 saturated carbocycles. The Morgan fingerprint density at radius 1 is 1.14 bits per heavy atom. The van der Waals surface area contributed by atoms with Gasteiger partial charge in [0, 0.05) is 31.6 Å². The molecule has 0 aromatic heterocycles. The fraction of sp³-hybridized carbons (Fsp3) is 0.391. The van der Waals surface area contributed by atoms with E-state index in [0.717, 1.165) is 24.3 Å². The minimum absolute atomic E-state index is 0.0289. The average Bonchev–Trinajstić information content (AvgIpc) is 3.16. The summed E-state index contributed by atoms with van der Waals surface area (Å²) in [5.41, 5.74) is 1.68. The maximum Gasteiger partial charge on any atom is 0.253 e. The van der Waals surface area contributed by atoms with Gasteiger partial charge in [-0.05, 0) is 43.2 Å². The first-order chi connectivity index (χ1) is 14.1. The number of ether oxygens (including phenoxy) is 2. The second-order valence-electron chi connectivity index (χ2n) is 7.46. The number of hydrogen-bond donors (Lipinski definition) is 0. The molecule has 29 heavy (non-hydrogen) atoms. The fourth-order valence-electron chi connectivity index (χ4n) is 3.78. The highest BCUT2D eigenvalue weighted by Gasteiger charge is 2.25. The first kappa shape index (κ1) is 19.3. The molecule has 2 heterocycles. The third-order valence-corrected chi connectivity index (χ3v) is 5.41. The molecule has 1 unspecified atom stereocenters. The number of hydrogen-bond acceptors (Lipinski definition) is 4. The number of nitrogens with zero attached hydrogens (tertiary/aromatic N) is 2. The molecule has 6 heteroatoms. The van der Waals surface area contributed by atoms with Gasteiger partial charge in [-0.2, -0.15) is 0 Å². The van der Waals surface area contributed by atoms with Crippen LogP contribution in [-0.2, 0) is 11.3 Å². The Hall–Kier alpha value is -3.02. The van der Waals surface area contributed by atoms with Crippen LogP contribution in [0, 0.1) is 0 Å². The zero-order valence-electron chi connectivity index (χ0n) is 16.7. The zero-order chi connectivity index (χ0) is 20.2. The number of amides is 2. The molecule has 1 saturated heterocycles. The first-order valence-electron chi connectivity index (χ1n) is 10.2. The van der Waals surface area contributed by atoms with Crippen LogP contribution >= 0.6 is 0 Å². The van der Waals surface area contributed by atoms with E-state index in [4.69, 9.17) is 9.47 Å². The standard InChI is InChI=1S/C23H26N2O4/c1-2-24(15-19-16-28-20-6-3-4-7-21(20)29-19)23(27)18-11-9-17(10-12-18)14-25-13-5-8-22(25)26/h3-4,6-7,9-12,19H,2,5,8,13-16H2,1H3. The van der Waals surface area contributed by atoms with Gasteiger partial charge in [-0.1, -0.05) is 24.3 Å². The Morgan fingerprint density at radius 3 is 2.59 bits per heavy atom. The summed E-state index contributed by atoms with van der Waals surface area (Å²) in [5, 5.41) is 0. The largest absolute Gasteiger partial charge is 0.486 e. The minimum Gasteiger partial charge on any atom is -0.486 e. The highest BCUT2D eigenvalue weighted by atomic mass is 16.6. The van der Waals surface area contributed by atoms with E-state index >= 15 is 0 Å². The lowest BCUT2D eigenvalue weighted by Gasteiger charge is -2.31. The number of benzene rings is 2. The van der Waals surface area contributed by atoms with Gasteiger partial charge >= 0.3 is 0 Å². The van der Waals surface area contributed by atoms with Crippen molar-refractivity contribution < 1.29 is 19.1 Å². The van der Waals surface area contributed by atoms with Gasteiger partial charge in [0.25, 0.3) is 5.91 Å². The number of rotatable bonds is 6. The van der Waals surface area contributed by atoms with Gasteiger partial charge in [-0.25, -0.2) is 0 Å². The van der Waals surface area contributed by atoms with Crippen molar-refractivity contribution in [2.45, 2.75) is 32.4 Å². The van der Waals surface area contributed by atoms with E-state index in [9.17, 15) is 9.59 Å². The van der Waals surface area contributed by atoms with Crippen molar-refractivity contribution in [2.75, 3.05) is 26.2 Å². The molecule has 0 aliphatic carbocycles. The lowest BCUT2D eigenvalue weighted by molar-refractivity contribution is -0.128. The summed E-state index contributed by atoms with van der Waals surface area (Å²) in [4.78, 5) is 28.4. The van der Waals surface area contributed by atoms with Crippen molar-refractivity contribution in [3.8, 4) is 11.5 Å². The molecule has 4 rings (SSSR count). The molecule has 0 spiro atoms. The van der Waals surface area contributed by atoms with E-state index in [1.54, 1.807) is 4.90 Å². The average molecular weight is 394 g/mol. The van der Waals surface area contributed by atoms with Gasteiger partial charge in [-0.15, -0.1) is 0 Å². The zero-order valence-corrected chi connectivity index (χ0v) is 16.7. The molecule has 152 valence electrons. The number of likely N-dealkylation sites (N-methyl/N-ethyl adjacent to an activating group) is 1. The molecule has 1 fully saturated rings. The molecule has 0 radical (unpaired) electrons. The molecule has 2 aliphatic heterocycles. The van der Waals surface area contributed by atoms with E-state index in [2.05, 4.69) is 0 Å². The second kappa shape index (κ2) is 8.55. The summed E-state index contributed by atoms with van der Waals surface area (Å²) in [6.07, 6.45) is 1.37. The van der Waals surface area contributed by atoms with Gasteiger partial charge < -0.3 is 19.3 Å². The third-order valence-electron chi connectivity index (χ3n) is 5.41. The highest BCUT2D eigenvalue weighted by molar-refractivity contribution is 5.94. The van der Waals surface area contributed by atoms with Crippen molar-refractivity contribution >= 4 is 11.8 Å². The van der Waals surface area contributed by atoms with Crippen LogP contribution in [0.1, 0.15) is 35.7 Å². The molecule has 0 N–H and O–H groups in total. The van der Waals surface area contributed by atoms with Crippen LogP contribution in [0.25, 0.3) is 0 Å². The van der Waals surface area contributed by atoms with Crippen LogP contribution in [-0.4, -0.2) is 54.0 Å². The summed E-state index contributed by atoms with van der Waals surface area (Å²) in [7, 11) is 0. The lowest BCUT2D eigenvalue weighted by Crippen LogP contribution is -2.43. The summed E-state index contributed by atoms with van der Waals surface area (Å²) >= 11 is 0. The van der Waals surface area contributed by atoms with Crippen molar-refractivity contribution in [1.82, 2.24) is 9.80 Å². The van der Waals surface area contributed by atoms with Gasteiger partial charge in [0.1, 0.15) is 6.61 Å². The van der Waals surface area contributed by atoms with Crippen LogP contribution < -0.4 is 9.47 Å². The Balaban J connectivity index is 1.37. The second-order valence-corrected chi connectivity index (χ2v) is 7.46. The number of carbonyl (C=O) groups is 2. The maximum absolute atomic E-state index is 13.0. The Labute approximate surface area is 171 Å². The van der Waals surface area contributed by atoms with Gasteiger partial charge in [0.05, 0.1) is 6.54 Å². The summed E-state index contributed by atoms with van der Waals surface area (Å²) in [5.74, 6) is 1.63. The van der Waals surface area contributed by atoms with Crippen molar-refractivity contribution in [3.05, 3.63) is 59.7 Å². The summed E-state index contributed by atoms with van der Waals surface area (Å²) < 4.78 is 11.8.